The molecule has 1 aromatic heterocycles. The molecular formula is C18H17BrN4O3. The molecule has 134 valence electrons. The summed E-state index contributed by atoms with van der Waals surface area (Å²) in [6, 6.07) is 7.78. The van der Waals surface area contributed by atoms with E-state index in [2.05, 4.69) is 25.9 Å². The third kappa shape index (κ3) is 2.90. The van der Waals surface area contributed by atoms with Crippen molar-refractivity contribution < 1.29 is 14.3 Å². The summed E-state index contributed by atoms with van der Waals surface area (Å²) >= 11 is 3.43. The van der Waals surface area contributed by atoms with Crippen molar-refractivity contribution >= 4 is 27.9 Å². The molecule has 0 bridgehead atoms. The van der Waals surface area contributed by atoms with Crippen LogP contribution in [0.3, 0.4) is 0 Å². The zero-order chi connectivity index (χ0) is 18.3. The molecule has 1 atom stereocenters. The second-order valence-corrected chi connectivity index (χ2v) is 7.14. The molecule has 2 aliphatic heterocycles. The van der Waals surface area contributed by atoms with Gasteiger partial charge in [-0.2, -0.15) is 0 Å². The molecule has 4 rings (SSSR count). The maximum atomic E-state index is 12.6. The molecular weight excluding hydrogens is 400 g/mol. The number of imidazole rings is 1. The lowest BCUT2D eigenvalue weighted by atomic mass is 10.2. The Labute approximate surface area is 158 Å². The van der Waals surface area contributed by atoms with Crippen molar-refractivity contribution in [2.45, 2.75) is 12.5 Å². The normalized spacial score (nSPS) is 19.4. The zero-order valence-corrected chi connectivity index (χ0v) is 15.7. The number of hydrogen-bond donors (Lipinski definition) is 1. The number of fused-ring (bicyclic) bond motifs is 1. The minimum atomic E-state index is -0.488. The van der Waals surface area contributed by atoms with Gasteiger partial charge in [0.15, 0.2) is 0 Å². The number of methoxy groups -OCH3 is 1. The van der Waals surface area contributed by atoms with Gasteiger partial charge in [-0.1, -0.05) is 34.1 Å². The van der Waals surface area contributed by atoms with E-state index in [9.17, 15) is 9.59 Å². The van der Waals surface area contributed by atoms with E-state index >= 15 is 0 Å². The molecule has 2 amide bonds. The van der Waals surface area contributed by atoms with Crippen molar-refractivity contribution in [2.24, 2.45) is 0 Å². The Bertz CT molecular complexity index is 890. The molecule has 7 nitrogen and oxygen atoms in total. The van der Waals surface area contributed by atoms with Gasteiger partial charge in [-0.15, -0.1) is 0 Å². The summed E-state index contributed by atoms with van der Waals surface area (Å²) in [5.74, 6) is 0.617. The van der Waals surface area contributed by atoms with E-state index in [0.29, 0.717) is 13.0 Å². The zero-order valence-electron chi connectivity index (χ0n) is 14.1. The van der Waals surface area contributed by atoms with E-state index in [1.54, 1.807) is 11.1 Å². The predicted octanol–water partition coefficient (Wildman–Crippen LogP) is 3.08. The van der Waals surface area contributed by atoms with Gasteiger partial charge in [0.05, 0.1) is 31.6 Å². The smallest absolute Gasteiger partial charge is 0.410 e. The summed E-state index contributed by atoms with van der Waals surface area (Å²) in [6.45, 7) is 0.385. The maximum absolute atomic E-state index is 12.6. The lowest BCUT2D eigenvalue weighted by Gasteiger charge is -2.35. The molecule has 1 fully saturated rings. The Morgan fingerprint density at radius 1 is 1.31 bits per heavy atom. The number of amides is 2. The van der Waals surface area contributed by atoms with Gasteiger partial charge in [0.2, 0.25) is 5.91 Å². The highest BCUT2D eigenvalue weighted by molar-refractivity contribution is 9.10. The van der Waals surface area contributed by atoms with Crippen LogP contribution in [0.2, 0.25) is 0 Å². The standard InChI is InChI=1S/C18H17BrN4O3/c1-26-18(25)22-9-13-6-7-15(23(13)16(24)10-22)17-20-8-14(21-17)11-2-4-12(19)5-3-11/h2-6,8,15H,7,9-10H2,1H3,(H,20,21). The minimum absolute atomic E-state index is 0.0147. The number of ether oxygens (including phenoxy) is 1. The lowest BCUT2D eigenvalue weighted by Crippen LogP contribution is -2.50. The van der Waals surface area contributed by atoms with Crippen LogP contribution in [-0.4, -0.2) is 52.0 Å². The van der Waals surface area contributed by atoms with Crippen molar-refractivity contribution in [3.8, 4) is 11.3 Å². The molecule has 26 heavy (non-hydrogen) atoms. The molecule has 3 heterocycles. The van der Waals surface area contributed by atoms with Gasteiger partial charge >= 0.3 is 6.09 Å². The number of halogens is 1. The SMILES string of the molecule is COC(=O)N1CC(=O)N2C(=CCC2c2ncc(-c3ccc(Br)cc3)[nH]2)C1. The first-order valence-corrected chi connectivity index (χ1v) is 9.01. The lowest BCUT2D eigenvalue weighted by molar-refractivity contribution is -0.134. The summed E-state index contributed by atoms with van der Waals surface area (Å²) in [5.41, 5.74) is 2.75. The van der Waals surface area contributed by atoms with E-state index in [1.807, 2.05) is 30.3 Å². The number of rotatable bonds is 2. The number of hydrogen-bond acceptors (Lipinski definition) is 4. The Balaban J connectivity index is 1.55. The van der Waals surface area contributed by atoms with Gasteiger partial charge in [0, 0.05) is 10.2 Å². The molecule has 0 saturated carbocycles. The number of aromatic amines is 1. The van der Waals surface area contributed by atoms with E-state index in [-0.39, 0.29) is 18.5 Å². The molecule has 2 aromatic rings. The predicted molar refractivity (Wildman–Crippen MR) is 98.0 cm³/mol. The minimum Gasteiger partial charge on any atom is -0.453 e. The highest BCUT2D eigenvalue weighted by Crippen LogP contribution is 2.36. The van der Waals surface area contributed by atoms with Gasteiger partial charge in [0.25, 0.3) is 0 Å². The van der Waals surface area contributed by atoms with Crippen LogP contribution in [0.25, 0.3) is 11.3 Å². The van der Waals surface area contributed by atoms with Gasteiger partial charge in [-0.3, -0.25) is 9.69 Å². The first-order valence-electron chi connectivity index (χ1n) is 8.21. The average molecular weight is 417 g/mol. The number of benzene rings is 1. The first-order chi connectivity index (χ1) is 12.6. The van der Waals surface area contributed by atoms with E-state index in [4.69, 9.17) is 4.74 Å². The number of aromatic nitrogens is 2. The van der Waals surface area contributed by atoms with Crippen LogP contribution >= 0.6 is 15.9 Å². The summed E-state index contributed by atoms with van der Waals surface area (Å²) < 4.78 is 5.74. The van der Waals surface area contributed by atoms with Crippen LogP contribution < -0.4 is 0 Å². The Hall–Kier alpha value is -2.61. The highest BCUT2D eigenvalue weighted by Gasteiger charge is 2.40. The third-order valence-electron chi connectivity index (χ3n) is 4.64. The number of H-pyrrole nitrogens is 1. The number of carbonyl (C=O) groups is 2. The van der Waals surface area contributed by atoms with Crippen LogP contribution in [0.1, 0.15) is 18.3 Å². The molecule has 1 unspecified atom stereocenters. The van der Waals surface area contributed by atoms with Gasteiger partial charge < -0.3 is 14.6 Å². The molecule has 0 aliphatic carbocycles. The summed E-state index contributed by atoms with van der Waals surface area (Å²) in [4.78, 5) is 35.3. The molecule has 0 spiro atoms. The monoisotopic (exact) mass is 416 g/mol. The quantitative estimate of drug-likeness (QED) is 0.815. The summed E-state index contributed by atoms with van der Waals surface area (Å²) in [6.07, 6.45) is 3.95. The van der Waals surface area contributed by atoms with Crippen molar-refractivity contribution in [3.63, 3.8) is 0 Å². The highest BCUT2D eigenvalue weighted by atomic mass is 79.9. The van der Waals surface area contributed by atoms with Crippen molar-refractivity contribution in [2.75, 3.05) is 20.2 Å². The number of carbonyl (C=O) groups excluding carboxylic acids is 2. The maximum Gasteiger partial charge on any atom is 0.410 e. The Morgan fingerprint density at radius 2 is 2.08 bits per heavy atom. The van der Waals surface area contributed by atoms with Gasteiger partial charge in [-0.05, 0) is 24.1 Å². The van der Waals surface area contributed by atoms with Crippen LogP contribution in [0.4, 0.5) is 4.79 Å². The molecule has 0 radical (unpaired) electrons. The van der Waals surface area contributed by atoms with Crippen LogP contribution in [-0.2, 0) is 9.53 Å². The van der Waals surface area contributed by atoms with Gasteiger partial charge in [0.1, 0.15) is 12.4 Å². The second kappa shape index (κ2) is 6.60. The largest absolute Gasteiger partial charge is 0.453 e. The Kier molecular flexibility index (Phi) is 4.28. The first kappa shape index (κ1) is 16.8. The fourth-order valence-corrected chi connectivity index (χ4v) is 3.66. The second-order valence-electron chi connectivity index (χ2n) is 6.23. The van der Waals surface area contributed by atoms with E-state index in [1.165, 1.54) is 12.0 Å². The molecule has 8 heteroatoms. The number of nitrogens with one attached hydrogen (secondary N) is 1. The van der Waals surface area contributed by atoms with Crippen LogP contribution in [0.5, 0.6) is 0 Å². The molecule has 2 aliphatic rings. The van der Waals surface area contributed by atoms with Crippen molar-refractivity contribution in [1.29, 1.82) is 0 Å². The molecule has 1 N–H and O–H groups in total. The fourth-order valence-electron chi connectivity index (χ4n) is 3.39. The topological polar surface area (TPSA) is 78.5 Å². The summed E-state index contributed by atoms with van der Waals surface area (Å²) in [7, 11) is 1.32. The summed E-state index contributed by atoms with van der Waals surface area (Å²) in [5, 5.41) is 0. The van der Waals surface area contributed by atoms with Crippen LogP contribution in [0.15, 0.2) is 46.7 Å². The van der Waals surface area contributed by atoms with Gasteiger partial charge in [-0.25, -0.2) is 9.78 Å². The molecule has 1 aromatic carbocycles. The van der Waals surface area contributed by atoms with Crippen molar-refractivity contribution in [3.05, 3.63) is 52.5 Å². The molecule has 1 saturated heterocycles. The van der Waals surface area contributed by atoms with Crippen molar-refractivity contribution in [1.82, 2.24) is 19.8 Å². The number of nitrogens with zero attached hydrogens (tertiary/aromatic N) is 3. The van der Waals surface area contributed by atoms with E-state index in [0.717, 1.165) is 27.3 Å². The van der Waals surface area contributed by atoms with Crippen LogP contribution in [0, 0.1) is 0 Å². The fraction of sp³-hybridized carbons (Fsp3) is 0.278. The number of piperazine rings is 1. The third-order valence-corrected chi connectivity index (χ3v) is 5.17. The average Bonchev–Trinajstić information content (AvgIpc) is 3.28. The van der Waals surface area contributed by atoms with E-state index < -0.39 is 6.09 Å². The Morgan fingerprint density at radius 3 is 2.81 bits per heavy atom.